The Morgan fingerprint density at radius 2 is 2.00 bits per heavy atom. The summed E-state index contributed by atoms with van der Waals surface area (Å²) in [5.74, 6) is 0.529. The number of rotatable bonds is 2. The third kappa shape index (κ3) is 2.01. The highest BCUT2D eigenvalue weighted by Gasteiger charge is 2.38. The Kier molecular flexibility index (Phi) is 2.83. The van der Waals surface area contributed by atoms with Crippen molar-refractivity contribution >= 4 is 11.5 Å². The molecule has 2 aromatic heterocycles. The summed E-state index contributed by atoms with van der Waals surface area (Å²) in [6.45, 7) is 1.09. The Morgan fingerprint density at radius 1 is 1.18 bits per heavy atom. The quantitative estimate of drug-likeness (QED) is 0.774. The first kappa shape index (κ1) is 13.1. The number of aliphatic hydroxyl groups is 1. The first-order chi connectivity index (χ1) is 10.7. The predicted molar refractivity (Wildman–Crippen MR) is 77.9 cm³/mol. The zero-order chi connectivity index (χ0) is 15.2. The maximum atomic E-state index is 13.1. The topological polar surface area (TPSA) is 66.5 Å². The van der Waals surface area contributed by atoms with E-state index in [0.29, 0.717) is 25.2 Å². The molecule has 0 radical (unpaired) electrons. The molecule has 0 bridgehead atoms. The van der Waals surface area contributed by atoms with Crippen molar-refractivity contribution in [2.45, 2.75) is 12.0 Å². The van der Waals surface area contributed by atoms with Gasteiger partial charge in [0.2, 0.25) is 0 Å². The minimum Gasteiger partial charge on any atom is -0.383 e. The smallest absolute Gasteiger partial charge is 0.180 e. The van der Waals surface area contributed by atoms with E-state index in [4.69, 9.17) is 0 Å². The van der Waals surface area contributed by atoms with Crippen molar-refractivity contribution in [2.75, 3.05) is 18.0 Å². The van der Waals surface area contributed by atoms with E-state index < -0.39 is 5.60 Å². The monoisotopic (exact) mass is 299 g/mol. The molecule has 112 valence electrons. The highest BCUT2D eigenvalue weighted by atomic mass is 19.1. The van der Waals surface area contributed by atoms with Crippen LogP contribution in [-0.2, 0) is 5.60 Å². The van der Waals surface area contributed by atoms with Crippen LogP contribution in [0.1, 0.15) is 12.0 Å². The Morgan fingerprint density at radius 3 is 2.82 bits per heavy atom. The van der Waals surface area contributed by atoms with Gasteiger partial charge in [-0.1, -0.05) is 12.1 Å². The van der Waals surface area contributed by atoms with Crippen molar-refractivity contribution in [1.82, 2.24) is 19.6 Å². The maximum Gasteiger partial charge on any atom is 0.180 e. The first-order valence-corrected chi connectivity index (χ1v) is 7.03. The van der Waals surface area contributed by atoms with E-state index in [0.717, 1.165) is 11.4 Å². The molecule has 0 spiro atoms. The number of hydrogen-bond donors (Lipinski definition) is 1. The number of aromatic nitrogens is 4. The van der Waals surface area contributed by atoms with E-state index in [-0.39, 0.29) is 5.82 Å². The van der Waals surface area contributed by atoms with Gasteiger partial charge in [-0.15, -0.1) is 10.2 Å². The number of anilines is 1. The van der Waals surface area contributed by atoms with E-state index in [1.165, 1.54) is 12.1 Å². The molecule has 4 rings (SSSR count). The second kappa shape index (κ2) is 4.74. The number of benzene rings is 1. The summed E-state index contributed by atoms with van der Waals surface area (Å²) in [6, 6.07) is 6.02. The molecule has 1 N–H and O–H groups in total. The van der Waals surface area contributed by atoms with E-state index in [1.807, 2.05) is 9.30 Å². The lowest BCUT2D eigenvalue weighted by Gasteiger charge is -2.25. The van der Waals surface area contributed by atoms with Gasteiger partial charge >= 0.3 is 0 Å². The van der Waals surface area contributed by atoms with Crippen LogP contribution in [-0.4, -0.2) is 37.8 Å². The van der Waals surface area contributed by atoms with Gasteiger partial charge in [0.15, 0.2) is 5.65 Å². The van der Waals surface area contributed by atoms with Gasteiger partial charge in [0.1, 0.15) is 23.6 Å². The van der Waals surface area contributed by atoms with Crippen molar-refractivity contribution in [1.29, 1.82) is 0 Å². The lowest BCUT2D eigenvalue weighted by Crippen LogP contribution is -2.31. The van der Waals surface area contributed by atoms with Crippen LogP contribution in [0, 0.1) is 5.82 Å². The molecule has 22 heavy (non-hydrogen) atoms. The summed E-state index contributed by atoms with van der Waals surface area (Å²) in [5, 5.41) is 18.7. The van der Waals surface area contributed by atoms with Crippen molar-refractivity contribution in [3.63, 3.8) is 0 Å². The van der Waals surface area contributed by atoms with Crippen LogP contribution in [0.5, 0.6) is 0 Å². The second-order valence-corrected chi connectivity index (χ2v) is 5.53. The summed E-state index contributed by atoms with van der Waals surface area (Å²) in [4.78, 5) is 6.20. The molecule has 1 fully saturated rings. The normalized spacial score (nSPS) is 21.6. The fraction of sp³-hybridized carbons (Fsp3) is 0.267. The van der Waals surface area contributed by atoms with Crippen LogP contribution in [0.4, 0.5) is 10.2 Å². The molecule has 3 heterocycles. The maximum absolute atomic E-state index is 13.1. The van der Waals surface area contributed by atoms with Crippen molar-refractivity contribution in [3.8, 4) is 0 Å². The number of hydrogen-bond acceptors (Lipinski definition) is 5. The van der Waals surface area contributed by atoms with Crippen LogP contribution in [0.3, 0.4) is 0 Å². The summed E-state index contributed by atoms with van der Waals surface area (Å²) in [6.07, 6.45) is 5.56. The fourth-order valence-electron chi connectivity index (χ4n) is 2.96. The molecule has 3 aromatic rings. The van der Waals surface area contributed by atoms with Gasteiger partial charge in [0.05, 0.1) is 18.9 Å². The number of halogens is 1. The molecule has 0 amide bonds. The molecule has 1 saturated heterocycles. The van der Waals surface area contributed by atoms with Crippen LogP contribution >= 0.6 is 0 Å². The Bertz CT molecular complexity index is 818. The van der Waals surface area contributed by atoms with Crippen LogP contribution in [0.25, 0.3) is 5.65 Å². The van der Waals surface area contributed by atoms with Gasteiger partial charge < -0.3 is 10.0 Å². The number of β-amino-alcohol motifs (C(OH)–C–C–N with tert-alkyl or cyclic N) is 1. The molecule has 7 heteroatoms. The Hall–Kier alpha value is -2.54. The average molecular weight is 299 g/mol. The molecular weight excluding hydrogens is 285 g/mol. The molecule has 1 atom stereocenters. The molecule has 6 nitrogen and oxygen atoms in total. The summed E-state index contributed by atoms with van der Waals surface area (Å²) >= 11 is 0. The average Bonchev–Trinajstić information content (AvgIpc) is 3.15. The summed E-state index contributed by atoms with van der Waals surface area (Å²) < 4.78 is 14.9. The van der Waals surface area contributed by atoms with Gasteiger partial charge in [-0.25, -0.2) is 4.39 Å². The fourth-order valence-corrected chi connectivity index (χ4v) is 2.96. The summed E-state index contributed by atoms with van der Waals surface area (Å²) in [5.41, 5.74) is 0.388. The highest BCUT2D eigenvalue weighted by Crippen LogP contribution is 2.34. The second-order valence-electron chi connectivity index (χ2n) is 5.53. The Balaban J connectivity index is 1.67. The van der Waals surface area contributed by atoms with Gasteiger partial charge in [-0.2, -0.15) is 0 Å². The number of fused-ring (bicyclic) bond motifs is 1. The minimum atomic E-state index is -0.996. The van der Waals surface area contributed by atoms with Crippen LogP contribution in [0.15, 0.2) is 43.0 Å². The lowest BCUT2D eigenvalue weighted by molar-refractivity contribution is 0.0605. The first-order valence-electron chi connectivity index (χ1n) is 7.03. The van der Waals surface area contributed by atoms with Crippen molar-refractivity contribution in [2.24, 2.45) is 0 Å². The number of nitrogens with zero attached hydrogens (tertiary/aromatic N) is 5. The third-order valence-electron chi connectivity index (χ3n) is 4.15. The van der Waals surface area contributed by atoms with Gasteiger partial charge in [0.25, 0.3) is 0 Å². The molecule has 1 aliphatic rings. The highest BCUT2D eigenvalue weighted by molar-refractivity contribution is 5.49. The molecule has 0 aliphatic carbocycles. The lowest BCUT2D eigenvalue weighted by atomic mass is 9.93. The largest absolute Gasteiger partial charge is 0.383 e. The van der Waals surface area contributed by atoms with Gasteiger partial charge in [-0.3, -0.25) is 9.38 Å². The van der Waals surface area contributed by atoms with Crippen molar-refractivity contribution in [3.05, 3.63) is 54.4 Å². The van der Waals surface area contributed by atoms with Crippen LogP contribution in [0.2, 0.25) is 0 Å². The Labute approximate surface area is 125 Å². The van der Waals surface area contributed by atoms with E-state index in [2.05, 4.69) is 15.2 Å². The van der Waals surface area contributed by atoms with Crippen LogP contribution < -0.4 is 4.90 Å². The van der Waals surface area contributed by atoms with Gasteiger partial charge in [0, 0.05) is 6.54 Å². The predicted octanol–water partition coefficient (Wildman–Crippen LogP) is 1.36. The SMILES string of the molecule is OC1(c2ccc(F)cc2)CCN(c2cncc3nncn23)C1. The molecule has 0 saturated carbocycles. The van der Waals surface area contributed by atoms with Crippen molar-refractivity contribution < 1.29 is 9.50 Å². The zero-order valence-corrected chi connectivity index (χ0v) is 11.7. The molecule has 1 unspecified atom stereocenters. The van der Waals surface area contributed by atoms with E-state index in [9.17, 15) is 9.50 Å². The molecular formula is C15H14FN5O. The van der Waals surface area contributed by atoms with E-state index in [1.54, 1.807) is 30.9 Å². The molecule has 1 aromatic carbocycles. The minimum absolute atomic E-state index is 0.305. The standard InChI is InChI=1S/C15H14FN5O/c16-12-3-1-11(2-4-12)15(22)5-6-20(9-15)14-8-17-7-13-19-18-10-21(13)14/h1-4,7-8,10,22H,5-6,9H2. The summed E-state index contributed by atoms with van der Waals surface area (Å²) in [7, 11) is 0. The van der Waals surface area contributed by atoms with Gasteiger partial charge in [-0.05, 0) is 24.1 Å². The third-order valence-corrected chi connectivity index (χ3v) is 4.15. The zero-order valence-electron chi connectivity index (χ0n) is 11.7. The molecule has 1 aliphatic heterocycles. The van der Waals surface area contributed by atoms with E-state index >= 15 is 0 Å².